The first-order valence-corrected chi connectivity index (χ1v) is 12.8. The third-order valence-corrected chi connectivity index (χ3v) is 7.59. The Hall–Kier alpha value is -3.06. The Bertz CT molecular complexity index is 1420. The van der Waals surface area contributed by atoms with E-state index in [0.29, 0.717) is 47.7 Å². The minimum absolute atomic E-state index is 0.0465. The van der Waals surface area contributed by atoms with Gasteiger partial charge in [0.15, 0.2) is 10.9 Å². The summed E-state index contributed by atoms with van der Waals surface area (Å²) in [6.07, 6.45) is 2.73. The van der Waals surface area contributed by atoms with Crippen molar-refractivity contribution in [1.82, 2.24) is 15.0 Å². The number of anilines is 2. The van der Waals surface area contributed by atoms with E-state index in [1.165, 1.54) is 48.1 Å². The fraction of sp³-hybridized carbons (Fsp3) is 0.190. The molecule has 4 aromatic rings. The first-order chi connectivity index (χ1) is 16.4. The second kappa shape index (κ2) is 9.29. The van der Waals surface area contributed by atoms with Crippen molar-refractivity contribution >= 4 is 43.8 Å². The molecule has 1 N–H and O–H groups in total. The number of hydrogen-bond donors (Lipinski definition) is 1. The van der Waals surface area contributed by atoms with E-state index < -0.39 is 15.8 Å². The van der Waals surface area contributed by atoms with E-state index in [9.17, 15) is 8.42 Å². The van der Waals surface area contributed by atoms with E-state index in [4.69, 9.17) is 25.7 Å². The smallest absolute Gasteiger partial charge is 0.295 e. The summed E-state index contributed by atoms with van der Waals surface area (Å²) in [5, 5.41) is 0.395. The Morgan fingerprint density at radius 2 is 1.94 bits per heavy atom. The van der Waals surface area contributed by atoms with E-state index in [2.05, 4.69) is 14.7 Å². The lowest BCUT2D eigenvalue weighted by Gasteiger charge is -2.26. The van der Waals surface area contributed by atoms with E-state index in [1.54, 1.807) is 12.1 Å². The van der Waals surface area contributed by atoms with E-state index in [1.807, 2.05) is 4.90 Å². The number of furan rings is 1. The molecule has 1 aromatic carbocycles. The van der Waals surface area contributed by atoms with Crippen LogP contribution in [0.25, 0.3) is 21.8 Å². The zero-order valence-corrected chi connectivity index (χ0v) is 19.8. The van der Waals surface area contributed by atoms with Crippen molar-refractivity contribution in [1.29, 1.82) is 0 Å². The molecule has 0 aliphatic carbocycles. The number of nitrogens with one attached hydrogen (secondary N) is 1. The molecule has 1 aliphatic rings. The number of halogens is 2. The number of rotatable bonds is 6. The van der Waals surface area contributed by atoms with E-state index in [-0.39, 0.29) is 21.6 Å². The molecule has 3 aromatic heterocycles. The van der Waals surface area contributed by atoms with Gasteiger partial charge in [-0.25, -0.2) is 19.3 Å². The van der Waals surface area contributed by atoms with Gasteiger partial charge in [-0.15, -0.1) is 0 Å². The number of morpholine rings is 1. The molecular weight excluding hydrogens is 505 g/mol. The van der Waals surface area contributed by atoms with Gasteiger partial charge in [0.05, 0.1) is 41.4 Å². The predicted octanol–water partition coefficient (Wildman–Crippen LogP) is 4.29. The molecule has 5 rings (SSSR count). The SMILES string of the molecule is O=S(=O)(Nc1cccc(-c2nc(N3CCOCC3)sc2-c2ccnc(Cl)n2)c1F)c1ccco1. The maximum Gasteiger partial charge on any atom is 0.295 e. The summed E-state index contributed by atoms with van der Waals surface area (Å²) in [6, 6.07) is 8.77. The molecule has 1 fully saturated rings. The highest BCUT2D eigenvalue weighted by atomic mass is 35.5. The monoisotopic (exact) mass is 521 g/mol. The fourth-order valence-corrected chi connectivity index (χ4v) is 5.66. The summed E-state index contributed by atoms with van der Waals surface area (Å²) in [5.41, 5.74) is 0.674. The molecule has 0 unspecified atom stereocenters. The first kappa shape index (κ1) is 22.7. The van der Waals surface area contributed by atoms with E-state index in [0.717, 1.165) is 0 Å². The highest BCUT2D eigenvalue weighted by Gasteiger charge is 2.26. The number of ether oxygens (including phenoxy) is 1. The summed E-state index contributed by atoms with van der Waals surface area (Å²) in [6.45, 7) is 2.40. The Labute approximate surface area is 203 Å². The quantitative estimate of drug-likeness (QED) is 0.374. The van der Waals surface area contributed by atoms with Crippen LogP contribution >= 0.6 is 22.9 Å². The second-order valence-corrected chi connectivity index (χ2v) is 10.1. The van der Waals surface area contributed by atoms with Crippen LogP contribution in [0.1, 0.15) is 0 Å². The normalized spacial score (nSPS) is 14.4. The summed E-state index contributed by atoms with van der Waals surface area (Å²) >= 11 is 7.34. The van der Waals surface area contributed by atoms with Crippen LogP contribution in [0.5, 0.6) is 0 Å². The van der Waals surface area contributed by atoms with Gasteiger partial charge in [-0.1, -0.05) is 17.4 Å². The Morgan fingerprint density at radius 3 is 2.68 bits per heavy atom. The van der Waals surface area contributed by atoms with Crippen molar-refractivity contribution in [3.05, 3.63) is 60.0 Å². The molecule has 13 heteroatoms. The van der Waals surface area contributed by atoms with Gasteiger partial charge in [-0.2, -0.15) is 8.42 Å². The van der Waals surface area contributed by atoms with Gasteiger partial charge in [0.25, 0.3) is 10.0 Å². The number of nitrogens with zero attached hydrogens (tertiary/aromatic N) is 4. The van der Waals surface area contributed by atoms with Crippen LogP contribution in [0.15, 0.2) is 58.4 Å². The zero-order valence-electron chi connectivity index (χ0n) is 17.4. The summed E-state index contributed by atoms with van der Waals surface area (Å²) in [7, 11) is -4.11. The second-order valence-electron chi connectivity index (χ2n) is 7.19. The average Bonchev–Trinajstić information content (AvgIpc) is 3.52. The minimum Gasteiger partial charge on any atom is -0.451 e. The van der Waals surface area contributed by atoms with E-state index >= 15 is 4.39 Å². The molecule has 9 nitrogen and oxygen atoms in total. The molecule has 0 spiro atoms. The molecular formula is C21H17ClFN5O4S2. The standard InChI is InChI=1S/C21H17ClFN5O4S2/c22-20-24-7-6-15(25-20)19-18(26-21(33-19)28-8-11-31-12-9-28)13-3-1-4-14(17(13)23)27-34(29,30)16-5-2-10-32-16/h1-7,10,27H,8-9,11-12H2. The number of thiazole rings is 1. The summed E-state index contributed by atoms with van der Waals surface area (Å²) < 4.78 is 53.4. The highest BCUT2D eigenvalue weighted by Crippen LogP contribution is 2.42. The topological polar surface area (TPSA) is 110 Å². The molecule has 0 atom stereocenters. The Morgan fingerprint density at radius 1 is 1.12 bits per heavy atom. The molecule has 1 aliphatic heterocycles. The van der Waals surface area contributed by atoms with Crippen LogP contribution < -0.4 is 9.62 Å². The summed E-state index contributed by atoms with van der Waals surface area (Å²) in [4.78, 5) is 15.5. The van der Waals surface area contributed by atoms with Crippen LogP contribution in [-0.4, -0.2) is 49.7 Å². The van der Waals surface area contributed by atoms with Gasteiger partial charge < -0.3 is 14.1 Å². The van der Waals surface area contributed by atoms with Crippen molar-refractivity contribution in [2.75, 3.05) is 35.9 Å². The first-order valence-electron chi connectivity index (χ1n) is 10.1. The lowest BCUT2D eigenvalue weighted by Crippen LogP contribution is -2.36. The van der Waals surface area contributed by atoms with Crippen molar-refractivity contribution in [2.24, 2.45) is 0 Å². The molecule has 0 bridgehead atoms. The van der Waals surface area contributed by atoms with Crippen LogP contribution in [0, 0.1) is 5.82 Å². The number of hydrogen-bond acceptors (Lipinski definition) is 9. The number of benzene rings is 1. The Balaban J connectivity index is 1.60. The van der Waals surface area contributed by atoms with Gasteiger partial charge >= 0.3 is 0 Å². The molecule has 0 radical (unpaired) electrons. The van der Waals surface area contributed by atoms with Crippen molar-refractivity contribution in [3.63, 3.8) is 0 Å². The van der Waals surface area contributed by atoms with Crippen molar-refractivity contribution in [3.8, 4) is 21.8 Å². The highest BCUT2D eigenvalue weighted by molar-refractivity contribution is 7.92. The van der Waals surface area contributed by atoms with Crippen molar-refractivity contribution < 1.29 is 22.0 Å². The van der Waals surface area contributed by atoms with Gasteiger partial charge in [0.2, 0.25) is 10.4 Å². The molecule has 1 saturated heterocycles. The molecule has 0 amide bonds. The van der Waals surface area contributed by atoms with Crippen molar-refractivity contribution in [2.45, 2.75) is 5.09 Å². The van der Waals surface area contributed by atoms with Gasteiger partial charge in [0, 0.05) is 24.8 Å². The van der Waals surface area contributed by atoms with Crippen LogP contribution in [0.3, 0.4) is 0 Å². The molecule has 34 heavy (non-hydrogen) atoms. The number of sulfonamides is 1. The van der Waals surface area contributed by atoms with Gasteiger partial charge in [0.1, 0.15) is 0 Å². The largest absolute Gasteiger partial charge is 0.451 e. The molecule has 4 heterocycles. The molecule has 0 saturated carbocycles. The predicted molar refractivity (Wildman–Crippen MR) is 126 cm³/mol. The maximum atomic E-state index is 15.7. The van der Waals surface area contributed by atoms with Gasteiger partial charge in [-0.3, -0.25) is 4.72 Å². The lowest BCUT2D eigenvalue weighted by molar-refractivity contribution is 0.122. The third-order valence-electron chi connectivity index (χ3n) is 5.01. The molecule has 176 valence electrons. The average molecular weight is 522 g/mol. The summed E-state index contributed by atoms with van der Waals surface area (Å²) in [5.74, 6) is -0.780. The zero-order chi connectivity index (χ0) is 23.7. The Kier molecular flexibility index (Phi) is 6.21. The maximum absolute atomic E-state index is 15.7. The minimum atomic E-state index is -4.11. The van der Waals surface area contributed by atoms with Gasteiger partial charge in [-0.05, 0) is 41.9 Å². The van der Waals surface area contributed by atoms with Crippen LogP contribution in [0.2, 0.25) is 5.28 Å². The number of aromatic nitrogens is 3. The van der Waals surface area contributed by atoms with Crippen LogP contribution in [-0.2, 0) is 14.8 Å². The lowest BCUT2D eigenvalue weighted by atomic mass is 10.1. The fourth-order valence-electron chi connectivity index (χ4n) is 3.42. The third kappa shape index (κ3) is 4.49. The van der Waals surface area contributed by atoms with Crippen LogP contribution in [0.4, 0.5) is 15.2 Å².